The lowest BCUT2D eigenvalue weighted by molar-refractivity contribution is 1.40. The highest BCUT2D eigenvalue weighted by Crippen LogP contribution is 2.29. The fourth-order valence-electron chi connectivity index (χ4n) is 0.705. The van der Waals surface area contributed by atoms with Crippen LogP contribution < -0.4 is 0 Å². The molecule has 0 aromatic carbocycles. The normalized spacial score (nSPS) is 9.30. The van der Waals surface area contributed by atoms with Crippen molar-refractivity contribution in [3.63, 3.8) is 0 Å². The highest BCUT2D eigenvalue weighted by atomic mass is 32.2. The Bertz CT molecular complexity index is 270. The van der Waals surface area contributed by atoms with E-state index in [0.29, 0.717) is 0 Å². The van der Waals surface area contributed by atoms with Gasteiger partial charge >= 0.3 is 0 Å². The Morgan fingerprint density at radius 2 is 2.40 bits per heavy atom. The van der Waals surface area contributed by atoms with E-state index in [1.165, 1.54) is 0 Å². The Kier molecular flexibility index (Phi) is 2.36. The Morgan fingerprint density at radius 3 is 2.80 bits per heavy atom. The van der Waals surface area contributed by atoms with Gasteiger partial charge in [0.1, 0.15) is 6.07 Å². The van der Waals surface area contributed by atoms with Crippen molar-refractivity contribution in [3.8, 4) is 6.07 Å². The van der Waals surface area contributed by atoms with Gasteiger partial charge in [0.2, 0.25) is 0 Å². The monoisotopic (exact) mass is 169 g/mol. The van der Waals surface area contributed by atoms with E-state index in [-0.39, 0.29) is 0 Å². The van der Waals surface area contributed by atoms with Crippen LogP contribution >= 0.6 is 23.1 Å². The van der Waals surface area contributed by atoms with Crippen molar-refractivity contribution in [2.24, 2.45) is 0 Å². The van der Waals surface area contributed by atoms with Crippen molar-refractivity contribution in [2.45, 2.75) is 11.1 Å². The SMILES string of the molecule is CSc1scc(C)c1C#N. The van der Waals surface area contributed by atoms with Crippen LogP contribution in [-0.4, -0.2) is 6.26 Å². The summed E-state index contributed by atoms with van der Waals surface area (Å²) in [5, 5.41) is 10.7. The van der Waals surface area contributed by atoms with Crippen molar-refractivity contribution >= 4 is 23.1 Å². The zero-order valence-corrected chi connectivity index (χ0v) is 7.47. The maximum atomic E-state index is 8.66. The molecule has 0 aliphatic heterocycles. The smallest absolute Gasteiger partial charge is 0.101 e. The molecule has 10 heavy (non-hydrogen) atoms. The second kappa shape index (κ2) is 3.09. The quantitative estimate of drug-likeness (QED) is 0.603. The molecule has 0 saturated heterocycles. The van der Waals surface area contributed by atoms with Crippen molar-refractivity contribution in [3.05, 3.63) is 16.5 Å². The van der Waals surface area contributed by atoms with Gasteiger partial charge in [-0.05, 0) is 24.1 Å². The van der Waals surface area contributed by atoms with Gasteiger partial charge in [0.05, 0.1) is 9.77 Å². The minimum atomic E-state index is 0.845. The van der Waals surface area contributed by atoms with Crippen LogP contribution in [0.15, 0.2) is 9.59 Å². The summed E-state index contributed by atoms with van der Waals surface area (Å²) in [4.78, 5) is 0. The van der Waals surface area contributed by atoms with Gasteiger partial charge in [-0.15, -0.1) is 23.1 Å². The average molecular weight is 169 g/mol. The van der Waals surface area contributed by atoms with Crippen LogP contribution in [0, 0.1) is 18.3 Å². The number of aryl methyl sites for hydroxylation is 1. The molecule has 0 fully saturated rings. The largest absolute Gasteiger partial charge is 0.192 e. The molecular weight excluding hydrogens is 162 g/mol. The first-order valence-electron chi connectivity index (χ1n) is 2.81. The first-order chi connectivity index (χ1) is 4.79. The molecule has 1 heterocycles. The summed E-state index contributed by atoms with van der Waals surface area (Å²) in [6.45, 7) is 1.97. The van der Waals surface area contributed by atoms with E-state index < -0.39 is 0 Å². The summed E-state index contributed by atoms with van der Waals surface area (Å²) in [6.07, 6.45) is 1.99. The zero-order valence-electron chi connectivity index (χ0n) is 5.84. The molecule has 1 aromatic rings. The van der Waals surface area contributed by atoms with Gasteiger partial charge in [-0.1, -0.05) is 0 Å². The summed E-state index contributed by atoms with van der Waals surface area (Å²) in [7, 11) is 0. The van der Waals surface area contributed by atoms with Crippen molar-refractivity contribution < 1.29 is 0 Å². The number of thiophene rings is 1. The number of rotatable bonds is 1. The zero-order chi connectivity index (χ0) is 7.56. The molecule has 1 rings (SSSR count). The van der Waals surface area contributed by atoms with E-state index in [9.17, 15) is 0 Å². The molecule has 1 nitrogen and oxygen atoms in total. The molecule has 0 atom stereocenters. The third-order valence-electron chi connectivity index (χ3n) is 1.24. The number of nitriles is 1. The molecule has 0 spiro atoms. The molecule has 0 aliphatic carbocycles. The van der Waals surface area contributed by atoms with Crippen molar-refractivity contribution in [2.75, 3.05) is 6.26 Å². The van der Waals surface area contributed by atoms with E-state index in [2.05, 4.69) is 6.07 Å². The number of hydrogen-bond acceptors (Lipinski definition) is 3. The minimum Gasteiger partial charge on any atom is -0.192 e. The molecule has 0 aliphatic rings. The molecule has 0 saturated carbocycles. The number of nitrogens with zero attached hydrogens (tertiary/aromatic N) is 1. The van der Waals surface area contributed by atoms with Gasteiger partial charge in [-0.2, -0.15) is 5.26 Å². The van der Waals surface area contributed by atoms with Crippen LogP contribution in [0.1, 0.15) is 11.1 Å². The number of hydrogen-bond donors (Lipinski definition) is 0. The molecule has 3 heteroatoms. The first kappa shape index (κ1) is 7.64. The van der Waals surface area contributed by atoms with E-state index in [1.54, 1.807) is 23.1 Å². The lowest BCUT2D eigenvalue weighted by atomic mass is 10.2. The Hall–Kier alpha value is -0.460. The van der Waals surface area contributed by atoms with Crippen LogP contribution in [0.2, 0.25) is 0 Å². The van der Waals surface area contributed by atoms with E-state index in [4.69, 9.17) is 5.26 Å². The predicted molar refractivity (Wildman–Crippen MR) is 45.6 cm³/mol. The van der Waals surface area contributed by atoms with Gasteiger partial charge in [0, 0.05) is 0 Å². The maximum Gasteiger partial charge on any atom is 0.101 e. The summed E-state index contributed by atoms with van der Waals surface area (Å²) in [5.41, 5.74) is 1.94. The van der Waals surface area contributed by atoms with E-state index in [0.717, 1.165) is 15.3 Å². The van der Waals surface area contributed by atoms with Crippen LogP contribution in [0.25, 0.3) is 0 Å². The molecule has 1 aromatic heterocycles. The van der Waals surface area contributed by atoms with Gasteiger partial charge < -0.3 is 0 Å². The van der Waals surface area contributed by atoms with Gasteiger partial charge in [0.25, 0.3) is 0 Å². The lowest BCUT2D eigenvalue weighted by Crippen LogP contribution is -1.73. The molecule has 0 bridgehead atoms. The van der Waals surface area contributed by atoms with Crippen molar-refractivity contribution in [1.29, 1.82) is 5.26 Å². The van der Waals surface area contributed by atoms with Gasteiger partial charge in [-0.25, -0.2) is 0 Å². The fraction of sp³-hybridized carbons (Fsp3) is 0.286. The Balaban J connectivity index is 3.17. The van der Waals surface area contributed by atoms with Gasteiger partial charge in [0.15, 0.2) is 0 Å². The van der Waals surface area contributed by atoms with Crippen LogP contribution in [0.3, 0.4) is 0 Å². The molecule has 0 amide bonds. The second-order valence-corrected chi connectivity index (χ2v) is 3.85. The molecule has 52 valence electrons. The van der Waals surface area contributed by atoms with E-state index >= 15 is 0 Å². The van der Waals surface area contributed by atoms with Crippen molar-refractivity contribution in [1.82, 2.24) is 0 Å². The highest BCUT2D eigenvalue weighted by Gasteiger charge is 2.05. The van der Waals surface area contributed by atoms with Crippen LogP contribution in [-0.2, 0) is 0 Å². The second-order valence-electron chi connectivity index (χ2n) is 1.90. The summed E-state index contributed by atoms with van der Waals surface area (Å²) in [5.74, 6) is 0. The topological polar surface area (TPSA) is 23.8 Å². The lowest BCUT2D eigenvalue weighted by Gasteiger charge is -1.88. The summed E-state index contributed by atoms with van der Waals surface area (Å²) >= 11 is 3.28. The predicted octanol–water partition coefficient (Wildman–Crippen LogP) is 2.65. The van der Waals surface area contributed by atoms with Crippen LogP contribution in [0.4, 0.5) is 0 Å². The molecule has 0 unspecified atom stereocenters. The average Bonchev–Trinajstić information content (AvgIpc) is 2.30. The van der Waals surface area contributed by atoms with Gasteiger partial charge in [-0.3, -0.25) is 0 Å². The van der Waals surface area contributed by atoms with E-state index in [1.807, 2.05) is 18.6 Å². The Labute approximate surface area is 68.7 Å². The summed E-state index contributed by atoms with van der Waals surface area (Å²) in [6, 6.07) is 2.18. The summed E-state index contributed by atoms with van der Waals surface area (Å²) < 4.78 is 1.13. The third-order valence-corrected chi connectivity index (χ3v) is 3.49. The fourth-order valence-corrected chi connectivity index (χ4v) is 2.37. The maximum absolute atomic E-state index is 8.66. The highest BCUT2D eigenvalue weighted by molar-refractivity contribution is 8.00. The van der Waals surface area contributed by atoms with Crippen LogP contribution in [0.5, 0.6) is 0 Å². The standard InChI is InChI=1S/C7H7NS2/c1-5-4-10-7(9-2)6(5)3-8/h4H,1-2H3. The Morgan fingerprint density at radius 1 is 1.70 bits per heavy atom. The molecule has 0 N–H and O–H groups in total. The molecule has 0 radical (unpaired) electrons. The third kappa shape index (κ3) is 1.18. The molecular formula is C7H7NS2. The minimum absolute atomic E-state index is 0.845. The first-order valence-corrected chi connectivity index (χ1v) is 4.92. The number of thioether (sulfide) groups is 1.